The van der Waals surface area contributed by atoms with Crippen molar-refractivity contribution in [3.05, 3.63) is 46.1 Å². The van der Waals surface area contributed by atoms with Crippen LogP contribution in [0.25, 0.3) is 0 Å². The Balaban J connectivity index is 1.37. The van der Waals surface area contributed by atoms with Gasteiger partial charge in [-0.3, -0.25) is 4.79 Å². The number of sulfone groups is 1. The van der Waals surface area contributed by atoms with Gasteiger partial charge < -0.3 is 9.80 Å². The summed E-state index contributed by atoms with van der Waals surface area (Å²) in [5.74, 6) is -0.274. The van der Waals surface area contributed by atoms with Gasteiger partial charge in [0.1, 0.15) is 11.0 Å². The van der Waals surface area contributed by atoms with E-state index in [-0.39, 0.29) is 39.5 Å². The number of benzene rings is 1. The number of hydrogen-bond acceptors (Lipinski definition) is 6. The van der Waals surface area contributed by atoms with E-state index in [1.165, 1.54) is 18.3 Å². The molecule has 7 nitrogen and oxygen atoms in total. The van der Waals surface area contributed by atoms with Crippen LogP contribution in [-0.2, 0) is 21.1 Å². The van der Waals surface area contributed by atoms with E-state index < -0.39 is 15.7 Å². The molecule has 0 spiro atoms. The number of carbonyl (C=O) groups excluding carboxylic acids is 1. The van der Waals surface area contributed by atoms with Crippen LogP contribution >= 0.6 is 23.2 Å². The topological polar surface area (TPSA) is 83.5 Å². The van der Waals surface area contributed by atoms with E-state index in [0.29, 0.717) is 37.4 Å². The SMILES string of the molecule is CS(=O)(=O)c1ccc(C[C@H]2CCN(C3CCN(c4ncc(Cl)nc4Cl)CC3)C2=O)c(F)c1. The van der Waals surface area contributed by atoms with Crippen LogP contribution in [-0.4, -0.2) is 61.1 Å². The summed E-state index contributed by atoms with van der Waals surface area (Å²) in [5, 5.41) is 0.502. The van der Waals surface area contributed by atoms with Gasteiger partial charge in [0.05, 0.1) is 11.1 Å². The maximum Gasteiger partial charge on any atom is 0.226 e. The molecule has 0 bridgehead atoms. The standard InChI is InChI=1S/C21H23Cl2FN4O3S/c1-32(30,31)16-3-2-13(17(24)11-16)10-14-4-9-28(21(14)29)15-5-7-27(8-6-15)20-19(23)26-18(22)12-25-20/h2-3,11-12,14-15H,4-10H2,1H3/t14-/m1/s1. The van der Waals surface area contributed by atoms with E-state index in [0.717, 1.165) is 25.2 Å². The van der Waals surface area contributed by atoms with E-state index >= 15 is 0 Å². The van der Waals surface area contributed by atoms with Crippen LogP contribution in [0.3, 0.4) is 0 Å². The van der Waals surface area contributed by atoms with Gasteiger partial charge >= 0.3 is 0 Å². The number of amides is 1. The normalized spacial score (nSPS) is 20.2. The third kappa shape index (κ3) is 4.84. The number of carbonyl (C=O) groups is 1. The zero-order valence-corrected chi connectivity index (χ0v) is 19.8. The Hall–Kier alpha value is -1.97. The second kappa shape index (κ2) is 9.11. The molecule has 11 heteroatoms. The highest BCUT2D eigenvalue weighted by Crippen LogP contribution is 2.31. The highest BCUT2D eigenvalue weighted by molar-refractivity contribution is 7.90. The van der Waals surface area contributed by atoms with Crippen LogP contribution in [0.4, 0.5) is 10.2 Å². The van der Waals surface area contributed by atoms with Crippen LogP contribution in [0, 0.1) is 11.7 Å². The molecular formula is C21H23Cl2FN4O3S. The van der Waals surface area contributed by atoms with Crippen molar-refractivity contribution < 1.29 is 17.6 Å². The molecule has 0 aliphatic carbocycles. The highest BCUT2D eigenvalue weighted by atomic mass is 35.5. The van der Waals surface area contributed by atoms with Crippen LogP contribution in [0.15, 0.2) is 29.3 Å². The van der Waals surface area contributed by atoms with Crippen molar-refractivity contribution in [2.24, 2.45) is 5.92 Å². The zero-order chi connectivity index (χ0) is 23.0. The fourth-order valence-electron chi connectivity index (χ4n) is 4.45. The van der Waals surface area contributed by atoms with Gasteiger partial charge in [-0.25, -0.2) is 22.8 Å². The van der Waals surface area contributed by atoms with Crippen molar-refractivity contribution in [2.45, 2.75) is 36.6 Å². The first kappa shape index (κ1) is 23.2. The summed E-state index contributed by atoms with van der Waals surface area (Å²) >= 11 is 12.0. The van der Waals surface area contributed by atoms with Gasteiger partial charge in [-0.2, -0.15) is 0 Å². The molecule has 0 saturated carbocycles. The number of rotatable bonds is 5. The molecule has 1 amide bonds. The molecule has 4 rings (SSSR count). The van der Waals surface area contributed by atoms with Gasteiger partial charge in [-0.1, -0.05) is 29.3 Å². The van der Waals surface area contributed by atoms with Crippen LogP contribution in [0.2, 0.25) is 10.3 Å². The van der Waals surface area contributed by atoms with Gasteiger partial charge in [0.15, 0.2) is 20.8 Å². The average Bonchev–Trinajstić information content (AvgIpc) is 3.09. The molecule has 0 radical (unpaired) electrons. The maximum absolute atomic E-state index is 14.4. The van der Waals surface area contributed by atoms with Gasteiger partial charge in [-0.05, 0) is 43.4 Å². The van der Waals surface area contributed by atoms with E-state index in [2.05, 4.69) is 9.97 Å². The molecule has 0 N–H and O–H groups in total. The van der Waals surface area contributed by atoms with E-state index in [9.17, 15) is 17.6 Å². The molecular weight excluding hydrogens is 478 g/mol. The summed E-state index contributed by atoms with van der Waals surface area (Å²) in [7, 11) is -3.48. The number of anilines is 1. The number of likely N-dealkylation sites (tertiary alicyclic amines) is 1. The molecule has 32 heavy (non-hydrogen) atoms. The first-order chi connectivity index (χ1) is 15.1. The number of hydrogen-bond donors (Lipinski definition) is 0. The summed E-state index contributed by atoms with van der Waals surface area (Å²) in [5.41, 5.74) is 0.364. The average molecular weight is 501 g/mol. The van der Waals surface area contributed by atoms with E-state index in [4.69, 9.17) is 23.2 Å². The molecule has 2 aliphatic rings. The Bertz CT molecular complexity index is 1140. The monoisotopic (exact) mass is 500 g/mol. The summed E-state index contributed by atoms with van der Waals surface area (Å²) in [6, 6.07) is 4.01. The van der Waals surface area contributed by atoms with Crippen molar-refractivity contribution in [2.75, 3.05) is 30.8 Å². The summed E-state index contributed by atoms with van der Waals surface area (Å²) in [4.78, 5) is 25.2. The number of aromatic nitrogens is 2. The molecule has 2 fully saturated rings. The lowest BCUT2D eigenvalue weighted by molar-refractivity contribution is -0.133. The van der Waals surface area contributed by atoms with Crippen molar-refractivity contribution >= 4 is 44.8 Å². The Labute approximate surface area is 196 Å². The largest absolute Gasteiger partial charge is 0.354 e. The number of halogens is 3. The van der Waals surface area contributed by atoms with Crippen LogP contribution in [0.1, 0.15) is 24.8 Å². The Kier molecular flexibility index (Phi) is 6.61. The van der Waals surface area contributed by atoms with Gasteiger partial charge in [0.2, 0.25) is 5.91 Å². The lowest BCUT2D eigenvalue weighted by Crippen LogP contribution is -2.46. The van der Waals surface area contributed by atoms with Crippen molar-refractivity contribution in [3.8, 4) is 0 Å². The minimum Gasteiger partial charge on any atom is -0.354 e. The lowest BCUT2D eigenvalue weighted by Gasteiger charge is -2.37. The van der Waals surface area contributed by atoms with Crippen molar-refractivity contribution in [3.63, 3.8) is 0 Å². The fourth-order valence-corrected chi connectivity index (χ4v) is 5.52. The molecule has 1 aromatic carbocycles. The third-order valence-corrected chi connectivity index (χ3v) is 7.70. The number of piperidine rings is 1. The minimum absolute atomic E-state index is 0.0272. The molecule has 2 aromatic rings. The first-order valence-electron chi connectivity index (χ1n) is 10.4. The molecule has 1 atom stereocenters. The molecule has 0 unspecified atom stereocenters. The highest BCUT2D eigenvalue weighted by Gasteiger charge is 2.37. The molecule has 3 heterocycles. The fraction of sp³-hybridized carbons (Fsp3) is 0.476. The smallest absolute Gasteiger partial charge is 0.226 e. The molecule has 2 saturated heterocycles. The molecule has 172 valence electrons. The predicted octanol–water partition coefficient (Wildman–Crippen LogP) is 3.39. The summed E-state index contributed by atoms with van der Waals surface area (Å²) in [6.45, 7) is 2.02. The van der Waals surface area contributed by atoms with Crippen LogP contribution < -0.4 is 4.90 Å². The minimum atomic E-state index is -3.48. The van der Waals surface area contributed by atoms with Crippen molar-refractivity contribution in [1.29, 1.82) is 0 Å². The zero-order valence-electron chi connectivity index (χ0n) is 17.5. The second-order valence-electron chi connectivity index (χ2n) is 8.27. The Morgan fingerprint density at radius 3 is 2.50 bits per heavy atom. The predicted molar refractivity (Wildman–Crippen MR) is 120 cm³/mol. The van der Waals surface area contributed by atoms with Crippen LogP contribution in [0.5, 0.6) is 0 Å². The lowest BCUT2D eigenvalue weighted by atomic mass is 9.97. The molecule has 1 aromatic heterocycles. The second-order valence-corrected chi connectivity index (χ2v) is 11.0. The van der Waals surface area contributed by atoms with Gasteiger partial charge in [0, 0.05) is 37.8 Å². The molecule has 2 aliphatic heterocycles. The summed E-state index contributed by atoms with van der Waals surface area (Å²) < 4.78 is 37.7. The first-order valence-corrected chi connectivity index (χ1v) is 13.0. The Morgan fingerprint density at radius 1 is 1.16 bits per heavy atom. The van der Waals surface area contributed by atoms with Gasteiger partial charge in [-0.15, -0.1) is 0 Å². The number of nitrogens with zero attached hydrogens (tertiary/aromatic N) is 4. The quantitative estimate of drug-likeness (QED) is 0.625. The third-order valence-electron chi connectivity index (χ3n) is 6.16. The Morgan fingerprint density at radius 2 is 1.88 bits per heavy atom. The van der Waals surface area contributed by atoms with Gasteiger partial charge in [0.25, 0.3) is 0 Å². The van der Waals surface area contributed by atoms with E-state index in [1.807, 2.05) is 9.80 Å². The summed E-state index contributed by atoms with van der Waals surface area (Å²) in [6.07, 6.45) is 4.97. The van der Waals surface area contributed by atoms with Crippen molar-refractivity contribution in [1.82, 2.24) is 14.9 Å². The maximum atomic E-state index is 14.4. The van der Waals surface area contributed by atoms with E-state index in [1.54, 1.807) is 0 Å².